The van der Waals surface area contributed by atoms with E-state index in [0.29, 0.717) is 0 Å². The Hall–Kier alpha value is -1.06. The molecule has 0 saturated carbocycles. The van der Waals surface area contributed by atoms with E-state index in [1.54, 1.807) is 0 Å². The summed E-state index contributed by atoms with van der Waals surface area (Å²) in [6.45, 7) is 2.91. The summed E-state index contributed by atoms with van der Waals surface area (Å²) < 4.78 is 5.76. The lowest BCUT2D eigenvalue weighted by Gasteiger charge is -2.15. The molecule has 3 heteroatoms. The van der Waals surface area contributed by atoms with E-state index in [0.717, 1.165) is 18.7 Å². The molecule has 3 nitrogen and oxygen atoms in total. The monoisotopic (exact) mass is 207 g/mol. The molecule has 0 fully saturated rings. The molecule has 0 saturated heterocycles. The summed E-state index contributed by atoms with van der Waals surface area (Å²) in [7, 11) is 0. The molecule has 82 valence electrons. The van der Waals surface area contributed by atoms with Crippen molar-refractivity contribution in [3.8, 4) is 5.75 Å². The Morgan fingerprint density at radius 3 is 3.07 bits per heavy atom. The van der Waals surface area contributed by atoms with Gasteiger partial charge in [0.25, 0.3) is 0 Å². The quantitative estimate of drug-likeness (QED) is 0.772. The third-order valence-corrected chi connectivity index (χ3v) is 2.68. The van der Waals surface area contributed by atoms with Gasteiger partial charge in [0.1, 0.15) is 11.9 Å². The summed E-state index contributed by atoms with van der Waals surface area (Å²) >= 11 is 0. The Morgan fingerprint density at radius 1 is 1.53 bits per heavy atom. The highest BCUT2D eigenvalue weighted by Gasteiger charge is 2.22. The number of para-hydroxylation sites is 1. The normalized spacial score (nSPS) is 20.8. The van der Waals surface area contributed by atoms with Crippen molar-refractivity contribution in [1.29, 1.82) is 0 Å². The smallest absolute Gasteiger partial charge is 0.123 e. The minimum Gasteiger partial charge on any atom is -0.488 e. The van der Waals surface area contributed by atoms with Gasteiger partial charge in [-0.15, -0.1) is 0 Å². The minimum absolute atomic E-state index is 0.136. The van der Waals surface area contributed by atoms with Crippen LogP contribution in [0.4, 0.5) is 0 Å². The van der Waals surface area contributed by atoms with E-state index in [1.807, 2.05) is 25.1 Å². The topological polar surface area (TPSA) is 41.5 Å². The third kappa shape index (κ3) is 2.49. The summed E-state index contributed by atoms with van der Waals surface area (Å²) in [5.41, 5.74) is 1.28. The first-order valence-corrected chi connectivity index (χ1v) is 5.38. The van der Waals surface area contributed by atoms with E-state index in [1.165, 1.54) is 5.56 Å². The van der Waals surface area contributed by atoms with Gasteiger partial charge in [0.15, 0.2) is 0 Å². The predicted molar refractivity (Wildman–Crippen MR) is 59.1 cm³/mol. The van der Waals surface area contributed by atoms with Crippen molar-refractivity contribution in [2.45, 2.75) is 25.5 Å². The van der Waals surface area contributed by atoms with E-state index in [4.69, 9.17) is 9.84 Å². The van der Waals surface area contributed by atoms with E-state index >= 15 is 0 Å². The van der Waals surface area contributed by atoms with Gasteiger partial charge in [-0.25, -0.2) is 0 Å². The molecule has 0 radical (unpaired) electrons. The first-order chi connectivity index (χ1) is 7.29. The SMILES string of the molecule is CC(CO)NCC1Cc2ccccc2O1. The van der Waals surface area contributed by atoms with Crippen LogP contribution in [0, 0.1) is 0 Å². The maximum atomic E-state index is 8.88. The van der Waals surface area contributed by atoms with Crippen molar-refractivity contribution in [2.24, 2.45) is 0 Å². The largest absolute Gasteiger partial charge is 0.488 e. The lowest BCUT2D eigenvalue weighted by atomic mass is 10.1. The van der Waals surface area contributed by atoms with Crippen LogP contribution in [0.15, 0.2) is 24.3 Å². The van der Waals surface area contributed by atoms with Crippen LogP contribution in [-0.2, 0) is 6.42 Å². The highest BCUT2D eigenvalue weighted by atomic mass is 16.5. The van der Waals surface area contributed by atoms with Gasteiger partial charge in [-0.2, -0.15) is 0 Å². The lowest BCUT2D eigenvalue weighted by Crippen LogP contribution is -2.37. The van der Waals surface area contributed by atoms with Gasteiger partial charge in [0.05, 0.1) is 6.61 Å². The summed E-state index contributed by atoms with van der Waals surface area (Å²) in [5.74, 6) is 1.00. The number of ether oxygens (including phenoxy) is 1. The molecule has 1 aromatic carbocycles. The summed E-state index contributed by atoms with van der Waals surface area (Å²) in [6.07, 6.45) is 1.16. The fraction of sp³-hybridized carbons (Fsp3) is 0.500. The van der Waals surface area contributed by atoms with E-state index in [2.05, 4.69) is 11.4 Å². The molecule has 1 heterocycles. The fourth-order valence-electron chi connectivity index (χ4n) is 1.76. The van der Waals surface area contributed by atoms with Gasteiger partial charge in [-0.05, 0) is 18.6 Å². The number of hydrogen-bond acceptors (Lipinski definition) is 3. The van der Waals surface area contributed by atoms with Crippen molar-refractivity contribution in [1.82, 2.24) is 5.32 Å². The molecule has 2 N–H and O–H groups in total. The molecule has 0 aliphatic carbocycles. The summed E-state index contributed by atoms with van der Waals surface area (Å²) in [5, 5.41) is 12.1. The second-order valence-electron chi connectivity index (χ2n) is 4.04. The van der Waals surface area contributed by atoms with Crippen molar-refractivity contribution >= 4 is 0 Å². The van der Waals surface area contributed by atoms with E-state index in [9.17, 15) is 0 Å². The summed E-state index contributed by atoms with van der Waals surface area (Å²) in [6, 6.07) is 8.27. The average Bonchev–Trinajstić information content (AvgIpc) is 2.68. The molecule has 0 amide bonds. The van der Waals surface area contributed by atoms with Gasteiger partial charge in [0, 0.05) is 19.0 Å². The zero-order valence-corrected chi connectivity index (χ0v) is 8.94. The standard InChI is InChI=1S/C12H17NO2/c1-9(8-14)13-7-11-6-10-4-2-3-5-12(10)15-11/h2-5,9,11,13-14H,6-8H2,1H3. The maximum absolute atomic E-state index is 8.88. The third-order valence-electron chi connectivity index (χ3n) is 2.68. The molecule has 1 aliphatic heterocycles. The van der Waals surface area contributed by atoms with Crippen LogP contribution < -0.4 is 10.1 Å². The van der Waals surface area contributed by atoms with Crippen LogP contribution in [0.5, 0.6) is 5.75 Å². The Morgan fingerprint density at radius 2 is 2.33 bits per heavy atom. The zero-order chi connectivity index (χ0) is 10.7. The molecule has 0 spiro atoms. The number of hydrogen-bond donors (Lipinski definition) is 2. The number of rotatable bonds is 4. The number of aliphatic hydroxyl groups excluding tert-OH is 1. The van der Waals surface area contributed by atoms with Crippen molar-refractivity contribution in [3.05, 3.63) is 29.8 Å². The molecule has 1 aliphatic rings. The van der Waals surface area contributed by atoms with Crippen LogP contribution in [0.25, 0.3) is 0 Å². The molecule has 2 unspecified atom stereocenters. The minimum atomic E-state index is 0.136. The van der Waals surface area contributed by atoms with Crippen molar-refractivity contribution < 1.29 is 9.84 Å². The predicted octanol–water partition coefficient (Wildman–Crippen LogP) is 0.960. The Balaban J connectivity index is 1.85. The second-order valence-corrected chi connectivity index (χ2v) is 4.04. The number of benzene rings is 1. The highest BCUT2D eigenvalue weighted by Crippen LogP contribution is 2.27. The van der Waals surface area contributed by atoms with Gasteiger partial charge in [-0.3, -0.25) is 0 Å². The summed E-state index contributed by atoms with van der Waals surface area (Å²) in [4.78, 5) is 0. The molecular weight excluding hydrogens is 190 g/mol. The van der Waals surface area contributed by atoms with Crippen LogP contribution in [0.1, 0.15) is 12.5 Å². The lowest BCUT2D eigenvalue weighted by molar-refractivity contribution is 0.202. The van der Waals surface area contributed by atoms with Crippen LogP contribution >= 0.6 is 0 Å². The Kier molecular flexibility index (Phi) is 3.23. The number of aliphatic hydroxyl groups is 1. The van der Waals surface area contributed by atoms with Crippen molar-refractivity contribution in [2.75, 3.05) is 13.2 Å². The van der Waals surface area contributed by atoms with Gasteiger partial charge < -0.3 is 15.2 Å². The maximum Gasteiger partial charge on any atom is 0.123 e. The molecule has 2 rings (SSSR count). The molecule has 2 atom stereocenters. The molecule has 15 heavy (non-hydrogen) atoms. The van der Waals surface area contributed by atoms with Gasteiger partial charge in [-0.1, -0.05) is 18.2 Å². The van der Waals surface area contributed by atoms with E-state index < -0.39 is 0 Å². The number of fused-ring (bicyclic) bond motifs is 1. The molecule has 1 aromatic rings. The first-order valence-electron chi connectivity index (χ1n) is 5.38. The molecular formula is C12H17NO2. The molecule has 0 aromatic heterocycles. The zero-order valence-electron chi connectivity index (χ0n) is 8.94. The van der Waals surface area contributed by atoms with Crippen molar-refractivity contribution in [3.63, 3.8) is 0 Å². The second kappa shape index (κ2) is 4.64. The highest BCUT2D eigenvalue weighted by molar-refractivity contribution is 5.37. The first kappa shape index (κ1) is 10.5. The van der Waals surface area contributed by atoms with Crippen LogP contribution in [0.2, 0.25) is 0 Å². The number of nitrogens with one attached hydrogen (secondary N) is 1. The fourth-order valence-corrected chi connectivity index (χ4v) is 1.76. The average molecular weight is 207 g/mol. The van der Waals surface area contributed by atoms with Crippen LogP contribution in [0.3, 0.4) is 0 Å². The van der Waals surface area contributed by atoms with Gasteiger partial charge >= 0.3 is 0 Å². The Labute approximate surface area is 90.1 Å². The van der Waals surface area contributed by atoms with Crippen LogP contribution in [-0.4, -0.2) is 30.4 Å². The van der Waals surface area contributed by atoms with Gasteiger partial charge in [0.2, 0.25) is 0 Å². The Bertz CT molecular complexity index is 302. The molecule has 0 bridgehead atoms. The van der Waals surface area contributed by atoms with E-state index in [-0.39, 0.29) is 18.8 Å².